The first-order valence-corrected chi connectivity index (χ1v) is 11.3. The quantitative estimate of drug-likeness (QED) is 0.124. The number of carbonyl (C=O) groups is 1. The number of esters is 1. The Morgan fingerprint density at radius 2 is 1.72 bits per heavy atom. The van der Waals surface area contributed by atoms with Crippen molar-refractivity contribution in [2.45, 2.75) is 103 Å². The van der Waals surface area contributed by atoms with Gasteiger partial charge in [0.2, 0.25) is 0 Å². The summed E-state index contributed by atoms with van der Waals surface area (Å²) < 4.78 is 15.0. The van der Waals surface area contributed by atoms with E-state index in [1.165, 1.54) is 26.4 Å². The van der Waals surface area contributed by atoms with Crippen molar-refractivity contribution in [2.75, 3.05) is 27.1 Å². The normalized spacial score (nSPS) is 13.7. The number of rotatable bonds is 21. The molecule has 2 N–H and O–H groups in total. The van der Waals surface area contributed by atoms with Gasteiger partial charge in [-0.15, -0.1) is 0 Å². The Hall–Kier alpha value is -0.950. The van der Waals surface area contributed by atoms with E-state index in [0.717, 1.165) is 57.8 Å². The van der Waals surface area contributed by atoms with Gasteiger partial charge in [-0.1, -0.05) is 64.0 Å². The zero-order chi connectivity index (χ0) is 21.6. The Bertz CT molecular complexity index is 386. The summed E-state index contributed by atoms with van der Waals surface area (Å²) in [6.45, 7) is 2.11. The van der Waals surface area contributed by atoms with Crippen molar-refractivity contribution in [1.82, 2.24) is 0 Å². The minimum atomic E-state index is -0.533. The smallest absolute Gasteiger partial charge is 0.305 e. The van der Waals surface area contributed by atoms with Crippen LogP contribution in [0.3, 0.4) is 0 Å². The molecule has 29 heavy (non-hydrogen) atoms. The third-order valence-electron chi connectivity index (χ3n) is 4.77. The van der Waals surface area contributed by atoms with Crippen molar-refractivity contribution in [1.29, 1.82) is 0 Å². The molecule has 6 heteroatoms. The van der Waals surface area contributed by atoms with Crippen molar-refractivity contribution in [3.05, 3.63) is 12.2 Å². The van der Waals surface area contributed by atoms with Crippen LogP contribution in [0.15, 0.2) is 12.2 Å². The Kier molecular flexibility index (Phi) is 21.0. The van der Waals surface area contributed by atoms with Gasteiger partial charge in [0.05, 0.1) is 12.7 Å². The number of allylic oxidation sites excluding steroid dienone is 1. The number of aliphatic hydroxyl groups excluding tert-OH is 2. The second-order valence-electron chi connectivity index (χ2n) is 7.58. The minimum absolute atomic E-state index is 0.0540. The van der Waals surface area contributed by atoms with Gasteiger partial charge in [0.15, 0.2) is 0 Å². The number of aliphatic hydroxyl groups is 2. The topological polar surface area (TPSA) is 85.2 Å². The maximum absolute atomic E-state index is 11.7. The van der Waals surface area contributed by atoms with Crippen LogP contribution in [0.4, 0.5) is 0 Å². The predicted octanol–water partition coefficient (Wildman–Crippen LogP) is 4.52. The molecule has 0 aromatic carbocycles. The van der Waals surface area contributed by atoms with Crippen LogP contribution in [0.25, 0.3) is 0 Å². The summed E-state index contributed by atoms with van der Waals surface area (Å²) in [6, 6.07) is 0. The third kappa shape index (κ3) is 20.1. The van der Waals surface area contributed by atoms with Crippen LogP contribution < -0.4 is 0 Å². The van der Waals surface area contributed by atoms with Gasteiger partial charge in [0.1, 0.15) is 19.5 Å². The summed E-state index contributed by atoms with van der Waals surface area (Å²) in [4.78, 5) is 11.7. The average molecular weight is 417 g/mol. The fourth-order valence-electron chi connectivity index (χ4n) is 2.93. The summed E-state index contributed by atoms with van der Waals surface area (Å²) in [5.74, 6) is -0.249. The van der Waals surface area contributed by atoms with E-state index in [2.05, 4.69) is 19.1 Å². The van der Waals surface area contributed by atoms with Gasteiger partial charge in [-0.05, 0) is 32.1 Å². The fraction of sp³-hybridized carbons (Fsp3) is 0.870. The van der Waals surface area contributed by atoms with Gasteiger partial charge in [-0.2, -0.15) is 0 Å². The van der Waals surface area contributed by atoms with Gasteiger partial charge < -0.3 is 24.4 Å². The number of hydrogen-bond acceptors (Lipinski definition) is 6. The van der Waals surface area contributed by atoms with E-state index in [-0.39, 0.29) is 32.1 Å². The average Bonchev–Trinajstić information content (AvgIpc) is 2.72. The first-order valence-electron chi connectivity index (χ1n) is 11.3. The minimum Gasteiger partial charge on any atom is -0.463 e. The lowest BCUT2D eigenvalue weighted by Crippen LogP contribution is -2.26. The molecule has 172 valence electrons. The summed E-state index contributed by atoms with van der Waals surface area (Å²) >= 11 is 0. The summed E-state index contributed by atoms with van der Waals surface area (Å²) in [7, 11) is 1.50. The van der Waals surface area contributed by atoms with Crippen LogP contribution in [-0.2, 0) is 19.0 Å². The monoisotopic (exact) mass is 416 g/mol. The summed E-state index contributed by atoms with van der Waals surface area (Å²) in [5.41, 5.74) is 0. The SMILES string of the molecule is CCCCCC[C@@H](O)C/C=C\CCCCCCCC(=O)OC[C@H](CO)OCOC. The molecule has 0 unspecified atom stereocenters. The fourth-order valence-corrected chi connectivity index (χ4v) is 2.93. The Morgan fingerprint density at radius 3 is 2.45 bits per heavy atom. The second kappa shape index (κ2) is 21.8. The second-order valence-corrected chi connectivity index (χ2v) is 7.58. The van der Waals surface area contributed by atoms with E-state index < -0.39 is 6.10 Å². The van der Waals surface area contributed by atoms with Crippen molar-refractivity contribution in [3.8, 4) is 0 Å². The van der Waals surface area contributed by atoms with Crippen LogP contribution in [0.5, 0.6) is 0 Å². The van der Waals surface area contributed by atoms with Crippen LogP contribution in [0, 0.1) is 0 Å². The third-order valence-corrected chi connectivity index (χ3v) is 4.77. The Balaban J connectivity index is 3.46. The van der Waals surface area contributed by atoms with Gasteiger partial charge >= 0.3 is 5.97 Å². The van der Waals surface area contributed by atoms with Gasteiger partial charge in [-0.3, -0.25) is 4.79 Å². The highest BCUT2D eigenvalue weighted by atomic mass is 16.7. The molecule has 0 saturated carbocycles. The van der Waals surface area contributed by atoms with Crippen LogP contribution in [0.2, 0.25) is 0 Å². The molecule has 0 amide bonds. The van der Waals surface area contributed by atoms with Gasteiger partial charge in [-0.25, -0.2) is 0 Å². The summed E-state index contributed by atoms with van der Waals surface area (Å²) in [5, 5.41) is 19.0. The molecule has 0 aliphatic rings. The number of carbonyl (C=O) groups excluding carboxylic acids is 1. The maximum atomic E-state index is 11.7. The summed E-state index contributed by atoms with van der Waals surface area (Å²) in [6.07, 6.45) is 16.8. The van der Waals surface area contributed by atoms with Crippen LogP contribution >= 0.6 is 0 Å². The molecular formula is C23H44O6. The predicted molar refractivity (Wildman–Crippen MR) is 116 cm³/mol. The van der Waals surface area contributed by atoms with E-state index in [4.69, 9.17) is 19.3 Å². The molecular weight excluding hydrogens is 372 g/mol. The highest BCUT2D eigenvalue weighted by molar-refractivity contribution is 5.69. The Morgan fingerprint density at radius 1 is 1.00 bits per heavy atom. The van der Waals surface area contributed by atoms with Crippen LogP contribution in [0.1, 0.15) is 90.4 Å². The van der Waals surface area contributed by atoms with Crippen molar-refractivity contribution < 1.29 is 29.2 Å². The number of unbranched alkanes of at least 4 members (excludes halogenated alkanes) is 8. The molecule has 0 saturated heterocycles. The largest absolute Gasteiger partial charge is 0.463 e. The van der Waals surface area contributed by atoms with E-state index in [9.17, 15) is 9.90 Å². The lowest BCUT2D eigenvalue weighted by molar-refractivity contribution is -0.154. The number of ether oxygens (including phenoxy) is 3. The Labute approximate surface area is 177 Å². The van der Waals surface area contributed by atoms with E-state index in [0.29, 0.717) is 6.42 Å². The number of hydrogen-bond donors (Lipinski definition) is 2. The first kappa shape index (κ1) is 28.1. The van der Waals surface area contributed by atoms with E-state index >= 15 is 0 Å². The lowest BCUT2D eigenvalue weighted by atomic mass is 10.1. The molecule has 6 nitrogen and oxygen atoms in total. The molecule has 0 aliphatic carbocycles. The highest BCUT2D eigenvalue weighted by Crippen LogP contribution is 2.11. The molecule has 0 bridgehead atoms. The lowest BCUT2D eigenvalue weighted by Gasteiger charge is -2.14. The molecule has 2 atom stereocenters. The molecule has 0 aliphatic heterocycles. The molecule has 0 spiro atoms. The zero-order valence-corrected chi connectivity index (χ0v) is 18.7. The molecule has 0 fully saturated rings. The van der Waals surface area contributed by atoms with Gasteiger partial charge in [0.25, 0.3) is 0 Å². The molecule has 0 heterocycles. The molecule has 0 aromatic heterocycles. The maximum Gasteiger partial charge on any atom is 0.305 e. The van der Waals surface area contributed by atoms with Gasteiger partial charge in [0, 0.05) is 13.5 Å². The number of methoxy groups -OCH3 is 1. The molecule has 0 rings (SSSR count). The molecule has 0 aromatic rings. The first-order chi connectivity index (χ1) is 14.1. The highest BCUT2D eigenvalue weighted by Gasteiger charge is 2.11. The van der Waals surface area contributed by atoms with Crippen LogP contribution in [-0.4, -0.2) is 55.5 Å². The van der Waals surface area contributed by atoms with E-state index in [1.807, 2.05) is 0 Å². The van der Waals surface area contributed by atoms with Crippen molar-refractivity contribution >= 4 is 5.97 Å². The zero-order valence-electron chi connectivity index (χ0n) is 18.7. The standard InChI is InChI=1S/C23H44O6/c1-3-4-5-12-15-21(25)16-13-10-8-6-7-9-11-14-17-23(26)28-19-22(18-24)29-20-27-2/h10,13,21-22,24-25H,3-9,11-12,14-20H2,1-2H3/b13-10-/t21-,22+/m1/s1. The molecule has 0 radical (unpaired) electrons. The van der Waals surface area contributed by atoms with E-state index in [1.54, 1.807) is 0 Å². The van der Waals surface area contributed by atoms with Crippen molar-refractivity contribution in [2.24, 2.45) is 0 Å². The van der Waals surface area contributed by atoms with Crippen molar-refractivity contribution in [3.63, 3.8) is 0 Å².